The summed E-state index contributed by atoms with van der Waals surface area (Å²) in [5.74, 6) is 1.91. The van der Waals surface area contributed by atoms with E-state index in [0.717, 1.165) is 33.4 Å². The lowest BCUT2D eigenvalue weighted by Gasteiger charge is -2.13. The van der Waals surface area contributed by atoms with E-state index in [0.29, 0.717) is 17.5 Å². The van der Waals surface area contributed by atoms with Crippen LogP contribution in [-0.4, -0.2) is 15.0 Å². The standard InChI is InChI=1S/C47H31N3/c1-3-14-32(15-4-1)34-19-11-20-35(28-34)36-21-12-23-39(29-36)46-48-45(33-16-5-2-6-17-33)49-47(50-46)40-24-13-22-37(30-40)44-31-38-18-7-8-25-41(38)42-26-9-10-27-43(42)44/h1-31H. The van der Waals surface area contributed by atoms with Crippen LogP contribution >= 0.6 is 0 Å². The van der Waals surface area contributed by atoms with Gasteiger partial charge in [-0.05, 0) is 79.2 Å². The zero-order valence-corrected chi connectivity index (χ0v) is 27.2. The minimum atomic E-state index is 0.636. The van der Waals surface area contributed by atoms with Gasteiger partial charge < -0.3 is 0 Å². The van der Waals surface area contributed by atoms with Gasteiger partial charge in [-0.1, -0.05) is 164 Å². The predicted octanol–water partition coefficient (Wildman–Crippen LogP) is 12.2. The summed E-state index contributed by atoms with van der Waals surface area (Å²) in [6, 6.07) is 65.9. The van der Waals surface area contributed by atoms with Crippen LogP contribution in [0.5, 0.6) is 0 Å². The van der Waals surface area contributed by atoms with Gasteiger partial charge in [0.1, 0.15) is 0 Å². The van der Waals surface area contributed by atoms with Gasteiger partial charge in [-0.2, -0.15) is 0 Å². The third-order valence-corrected chi connectivity index (χ3v) is 9.29. The highest BCUT2D eigenvalue weighted by atomic mass is 15.0. The van der Waals surface area contributed by atoms with Crippen LogP contribution in [0.25, 0.3) is 89.1 Å². The van der Waals surface area contributed by atoms with Crippen LogP contribution in [0.15, 0.2) is 188 Å². The zero-order chi connectivity index (χ0) is 33.3. The van der Waals surface area contributed by atoms with Crippen LogP contribution in [0.2, 0.25) is 0 Å². The summed E-state index contributed by atoms with van der Waals surface area (Å²) < 4.78 is 0. The summed E-state index contributed by atoms with van der Waals surface area (Å²) in [7, 11) is 0. The minimum Gasteiger partial charge on any atom is -0.208 e. The van der Waals surface area contributed by atoms with Gasteiger partial charge in [-0.25, -0.2) is 15.0 Å². The Kier molecular flexibility index (Phi) is 7.49. The smallest absolute Gasteiger partial charge is 0.164 e. The first-order valence-electron chi connectivity index (χ1n) is 16.9. The Hall–Kier alpha value is -6.71. The molecular weight excluding hydrogens is 607 g/mol. The minimum absolute atomic E-state index is 0.636. The third-order valence-electron chi connectivity index (χ3n) is 9.29. The summed E-state index contributed by atoms with van der Waals surface area (Å²) in [6.07, 6.45) is 0. The molecule has 0 radical (unpaired) electrons. The molecule has 0 aliphatic heterocycles. The third kappa shape index (κ3) is 5.61. The molecule has 1 heterocycles. The second-order valence-electron chi connectivity index (χ2n) is 12.5. The van der Waals surface area contributed by atoms with Gasteiger partial charge in [0.15, 0.2) is 17.5 Å². The Bertz CT molecular complexity index is 2650. The van der Waals surface area contributed by atoms with Gasteiger partial charge in [0.2, 0.25) is 0 Å². The van der Waals surface area contributed by atoms with Crippen molar-refractivity contribution < 1.29 is 0 Å². The number of aromatic nitrogens is 3. The van der Waals surface area contributed by atoms with E-state index in [2.05, 4.69) is 152 Å². The lowest BCUT2D eigenvalue weighted by atomic mass is 9.92. The quantitative estimate of drug-likeness (QED) is 0.170. The SMILES string of the molecule is c1ccc(-c2cccc(-c3cccc(-c4nc(-c5ccccc5)nc(-c5cccc(-c6cc7ccccc7c7ccccc67)c5)n4)c3)c2)cc1. The maximum Gasteiger partial charge on any atom is 0.164 e. The van der Waals surface area contributed by atoms with E-state index in [1.165, 1.54) is 38.2 Å². The van der Waals surface area contributed by atoms with E-state index < -0.39 is 0 Å². The Morgan fingerprint density at radius 1 is 0.240 bits per heavy atom. The van der Waals surface area contributed by atoms with Gasteiger partial charge in [0.25, 0.3) is 0 Å². The fraction of sp³-hybridized carbons (Fsp3) is 0. The first-order valence-corrected chi connectivity index (χ1v) is 16.9. The summed E-state index contributed by atoms with van der Waals surface area (Å²) in [5.41, 5.74) is 9.74. The van der Waals surface area contributed by atoms with Crippen molar-refractivity contribution in [2.45, 2.75) is 0 Å². The van der Waals surface area contributed by atoms with Crippen molar-refractivity contribution in [1.82, 2.24) is 15.0 Å². The molecule has 0 spiro atoms. The first-order chi connectivity index (χ1) is 24.8. The fourth-order valence-electron chi connectivity index (χ4n) is 6.82. The molecule has 1 aromatic heterocycles. The van der Waals surface area contributed by atoms with Gasteiger partial charge in [0.05, 0.1) is 0 Å². The lowest BCUT2D eigenvalue weighted by Crippen LogP contribution is -2.00. The Morgan fingerprint density at radius 3 is 1.28 bits per heavy atom. The van der Waals surface area contributed by atoms with E-state index in [1.807, 2.05) is 36.4 Å². The molecule has 0 aliphatic rings. The molecule has 0 unspecified atom stereocenters. The van der Waals surface area contributed by atoms with E-state index in [1.54, 1.807) is 0 Å². The molecule has 0 saturated heterocycles. The van der Waals surface area contributed by atoms with Crippen LogP contribution in [0, 0.1) is 0 Å². The van der Waals surface area contributed by atoms with Crippen molar-refractivity contribution in [2.75, 3.05) is 0 Å². The van der Waals surface area contributed by atoms with Crippen LogP contribution in [-0.2, 0) is 0 Å². The number of fused-ring (bicyclic) bond motifs is 3. The maximum atomic E-state index is 5.12. The van der Waals surface area contributed by atoms with Crippen LogP contribution in [0.1, 0.15) is 0 Å². The summed E-state index contributed by atoms with van der Waals surface area (Å²) >= 11 is 0. The molecular formula is C47H31N3. The Balaban J connectivity index is 1.17. The Morgan fingerprint density at radius 2 is 0.640 bits per heavy atom. The van der Waals surface area contributed by atoms with Crippen LogP contribution in [0.4, 0.5) is 0 Å². The molecule has 0 amide bonds. The number of nitrogens with zero attached hydrogens (tertiary/aromatic N) is 3. The van der Waals surface area contributed by atoms with Crippen LogP contribution in [0.3, 0.4) is 0 Å². The zero-order valence-electron chi connectivity index (χ0n) is 27.2. The van der Waals surface area contributed by atoms with Crippen molar-refractivity contribution >= 4 is 21.5 Å². The molecule has 0 atom stereocenters. The molecule has 50 heavy (non-hydrogen) atoms. The van der Waals surface area contributed by atoms with Crippen molar-refractivity contribution in [3.05, 3.63) is 188 Å². The van der Waals surface area contributed by atoms with Crippen molar-refractivity contribution in [3.8, 4) is 67.5 Å². The molecule has 234 valence electrons. The van der Waals surface area contributed by atoms with E-state index in [4.69, 9.17) is 15.0 Å². The maximum absolute atomic E-state index is 5.12. The molecule has 3 nitrogen and oxygen atoms in total. The molecule has 0 bridgehead atoms. The first kappa shape index (κ1) is 29.4. The number of rotatable bonds is 6. The number of benzene rings is 8. The second kappa shape index (κ2) is 12.7. The number of hydrogen-bond donors (Lipinski definition) is 0. The predicted molar refractivity (Wildman–Crippen MR) is 207 cm³/mol. The molecule has 3 heteroatoms. The van der Waals surface area contributed by atoms with E-state index in [9.17, 15) is 0 Å². The molecule has 0 saturated carbocycles. The monoisotopic (exact) mass is 637 g/mol. The fourth-order valence-corrected chi connectivity index (χ4v) is 6.82. The molecule has 0 N–H and O–H groups in total. The molecule has 0 fully saturated rings. The number of hydrogen-bond acceptors (Lipinski definition) is 3. The largest absolute Gasteiger partial charge is 0.208 e. The molecule has 0 aliphatic carbocycles. The van der Waals surface area contributed by atoms with Crippen molar-refractivity contribution in [2.24, 2.45) is 0 Å². The molecule has 8 aromatic carbocycles. The molecule has 9 rings (SSSR count). The van der Waals surface area contributed by atoms with Gasteiger partial charge in [-0.3, -0.25) is 0 Å². The normalized spacial score (nSPS) is 11.2. The van der Waals surface area contributed by atoms with Crippen molar-refractivity contribution in [1.29, 1.82) is 0 Å². The highest BCUT2D eigenvalue weighted by Gasteiger charge is 2.15. The Labute approximate surface area is 291 Å². The van der Waals surface area contributed by atoms with E-state index >= 15 is 0 Å². The highest BCUT2D eigenvalue weighted by Crippen LogP contribution is 2.37. The summed E-state index contributed by atoms with van der Waals surface area (Å²) in [5, 5.41) is 4.94. The highest BCUT2D eigenvalue weighted by molar-refractivity contribution is 6.13. The topological polar surface area (TPSA) is 38.7 Å². The average molecular weight is 638 g/mol. The van der Waals surface area contributed by atoms with E-state index in [-0.39, 0.29) is 0 Å². The van der Waals surface area contributed by atoms with Crippen molar-refractivity contribution in [3.63, 3.8) is 0 Å². The second-order valence-corrected chi connectivity index (χ2v) is 12.5. The summed E-state index contributed by atoms with van der Waals surface area (Å²) in [6.45, 7) is 0. The van der Waals surface area contributed by atoms with Crippen LogP contribution < -0.4 is 0 Å². The van der Waals surface area contributed by atoms with Gasteiger partial charge in [0, 0.05) is 16.7 Å². The van der Waals surface area contributed by atoms with Gasteiger partial charge in [-0.15, -0.1) is 0 Å². The lowest BCUT2D eigenvalue weighted by molar-refractivity contribution is 1.07. The average Bonchev–Trinajstić information content (AvgIpc) is 3.21. The summed E-state index contributed by atoms with van der Waals surface area (Å²) in [4.78, 5) is 15.2. The van der Waals surface area contributed by atoms with Gasteiger partial charge >= 0.3 is 0 Å². The molecule has 9 aromatic rings.